The van der Waals surface area contributed by atoms with Gasteiger partial charge in [-0.25, -0.2) is 0 Å². The molecule has 3 nitrogen and oxygen atoms in total. The van der Waals surface area contributed by atoms with Crippen molar-refractivity contribution in [2.24, 2.45) is 5.73 Å². The Hall–Kier alpha value is -0.540. The lowest BCUT2D eigenvalue weighted by Crippen LogP contribution is -2.06. The van der Waals surface area contributed by atoms with Gasteiger partial charge in [0.25, 0.3) is 0 Å². The van der Waals surface area contributed by atoms with Gasteiger partial charge in [0.05, 0.1) is 0 Å². The van der Waals surface area contributed by atoms with E-state index in [0.717, 1.165) is 12.8 Å². The molecular weight excluding hydrogens is 286 g/mol. The van der Waals surface area contributed by atoms with Crippen molar-refractivity contribution in [1.82, 2.24) is 0 Å². The molecule has 138 valence electrons. The lowest BCUT2D eigenvalue weighted by atomic mass is 10.0. The lowest BCUT2D eigenvalue weighted by molar-refractivity contribution is 0.00155. The number of nitrogens with two attached hydrogens (primary N) is 1. The van der Waals surface area contributed by atoms with E-state index in [4.69, 9.17) is 15.9 Å². The van der Waals surface area contributed by atoms with Crippen LogP contribution in [0.5, 0.6) is 0 Å². The third-order valence-corrected chi connectivity index (χ3v) is 4.43. The summed E-state index contributed by atoms with van der Waals surface area (Å²) in [5, 5.41) is 17.5. The monoisotopic (exact) mass is 327 g/mol. The van der Waals surface area contributed by atoms with Crippen molar-refractivity contribution in [3.8, 4) is 0 Å². The molecule has 3 heteroatoms. The first-order chi connectivity index (χ1) is 11.2. The molecule has 0 saturated carbocycles. The van der Waals surface area contributed by atoms with E-state index < -0.39 is 6.29 Å². The minimum atomic E-state index is -1.41. The van der Waals surface area contributed by atoms with Crippen LogP contribution in [0.4, 0.5) is 0 Å². The van der Waals surface area contributed by atoms with Crippen LogP contribution in [0.15, 0.2) is 11.8 Å². The van der Waals surface area contributed by atoms with Gasteiger partial charge in [0.2, 0.25) is 0 Å². The van der Waals surface area contributed by atoms with Crippen LogP contribution in [-0.2, 0) is 0 Å². The van der Waals surface area contributed by atoms with Gasteiger partial charge >= 0.3 is 0 Å². The van der Waals surface area contributed by atoms with E-state index in [-0.39, 0.29) is 0 Å². The van der Waals surface area contributed by atoms with Gasteiger partial charge in [0, 0.05) is 5.70 Å². The van der Waals surface area contributed by atoms with Crippen molar-refractivity contribution < 1.29 is 10.2 Å². The van der Waals surface area contributed by atoms with Gasteiger partial charge in [-0.3, -0.25) is 0 Å². The maximum atomic E-state index is 8.75. The number of aliphatic hydroxyl groups excluding tert-OH is 1. The molecular formula is C20H41NO2. The highest BCUT2D eigenvalue weighted by atomic mass is 16.5. The minimum absolute atomic E-state index is 0.592. The van der Waals surface area contributed by atoms with Crippen LogP contribution < -0.4 is 5.73 Å². The molecule has 0 aromatic carbocycles. The minimum Gasteiger partial charge on any atom is -0.402 e. The molecule has 4 N–H and O–H groups in total. The van der Waals surface area contributed by atoms with Crippen molar-refractivity contribution in [3.63, 3.8) is 0 Å². The molecule has 23 heavy (non-hydrogen) atoms. The van der Waals surface area contributed by atoms with Crippen molar-refractivity contribution in [3.05, 3.63) is 11.8 Å². The molecule has 0 radical (unpaired) electrons. The number of hydrogen-bond acceptors (Lipinski definition) is 3. The van der Waals surface area contributed by atoms with Crippen LogP contribution in [-0.4, -0.2) is 16.5 Å². The average Bonchev–Trinajstić information content (AvgIpc) is 2.50. The molecule has 0 unspecified atom stereocenters. The molecule has 0 spiro atoms. The maximum Gasteiger partial charge on any atom is 0.173 e. The summed E-state index contributed by atoms with van der Waals surface area (Å²) in [7, 11) is 0. The van der Waals surface area contributed by atoms with Gasteiger partial charge in [0.1, 0.15) is 0 Å². The fourth-order valence-corrected chi connectivity index (χ4v) is 2.98. The second kappa shape index (κ2) is 17.8. The molecule has 0 heterocycles. The van der Waals surface area contributed by atoms with Crippen molar-refractivity contribution in [1.29, 1.82) is 0 Å². The Morgan fingerprint density at radius 3 is 1.39 bits per heavy atom. The third-order valence-electron chi connectivity index (χ3n) is 4.43. The van der Waals surface area contributed by atoms with Gasteiger partial charge in [-0.05, 0) is 18.9 Å². The lowest BCUT2D eigenvalue weighted by Gasteiger charge is -2.04. The smallest absolute Gasteiger partial charge is 0.173 e. The highest BCUT2D eigenvalue weighted by Gasteiger charge is 1.97. The first-order valence-electron chi connectivity index (χ1n) is 9.99. The number of unbranched alkanes of at least 4 members (excludes halogenated alkanes) is 14. The fourth-order valence-electron chi connectivity index (χ4n) is 2.98. The zero-order valence-electron chi connectivity index (χ0n) is 15.4. The normalized spacial score (nSPS) is 12.3. The zero-order chi connectivity index (χ0) is 17.2. The van der Waals surface area contributed by atoms with Crippen molar-refractivity contribution in [2.75, 3.05) is 0 Å². The summed E-state index contributed by atoms with van der Waals surface area (Å²) in [5.74, 6) is 0. The topological polar surface area (TPSA) is 66.5 Å². The summed E-state index contributed by atoms with van der Waals surface area (Å²) in [4.78, 5) is 0. The predicted molar refractivity (Wildman–Crippen MR) is 100 cm³/mol. The van der Waals surface area contributed by atoms with Crippen LogP contribution in [0, 0.1) is 0 Å². The Bertz CT molecular complexity index is 264. The summed E-state index contributed by atoms with van der Waals surface area (Å²) < 4.78 is 0. The Balaban J connectivity index is 3.11. The number of hydrogen-bond donors (Lipinski definition) is 3. The van der Waals surface area contributed by atoms with Crippen molar-refractivity contribution in [2.45, 2.75) is 116 Å². The fraction of sp³-hybridized carbons (Fsp3) is 0.900. The summed E-state index contributed by atoms with van der Waals surface area (Å²) in [6, 6.07) is 0. The zero-order valence-corrected chi connectivity index (χ0v) is 15.4. The van der Waals surface area contributed by atoms with Gasteiger partial charge < -0.3 is 15.9 Å². The second-order valence-corrected chi connectivity index (χ2v) is 6.85. The summed E-state index contributed by atoms with van der Waals surface area (Å²) >= 11 is 0. The Morgan fingerprint density at radius 2 is 1.04 bits per heavy atom. The number of allylic oxidation sites excluding steroid dienone is 1. The molecule has 0 aliphatic carbocycles. The van der Waals surface area contributed by atoms with E-state index in [2.05, 4.69) is 6.92 Å². The molecule has 0 aromatic heterocycles. The van der Waals surface area contributed by atoms with Gasteiger partial charge in [-0.1, -0.05) is 96.8 Å². The number of aliphatic hydroxyl groups is 2. The van der Waals surface area contributed by atoms with E-state index in [1.807, 2.05) is 0 Å². The van der Waals surface area contributed by atoms with E-state index in [9.17, 15) is 0 Å². The quantitative estimate of drug-likeness (QED) is 0.247. The molecule has 0 saturated heterocycles. The molecule has 0 aliphatic heterocycles. The van der Waals surface area contributed by atoms with Crippen molar-refractivity contribution >= 4 is 0 Å². The van der Waals surface area contributed by atoms with Gasteiger partial charge in [-0.15, -0.1) is 0 Å². The maximum absolute atomic E-state index is 8.75. The van der Waals surface area contributed by atoms with Gasteiger partial charge in [-0.2, -0.15) is 0 Å². The van der Waals surface area contributed by atoms with Crippen LogP contribution in [0.3, 0.4) is 0 Å². The van der Waals surface area contributed by atoms with E-state index >= 15 is 0 Å². The van der Waals surface area contributed by atoms with Crippen LogP contribution in [0.1, 0.15) is 110 Å². The summed E-state index contributed by atoms with van der Waals surface area (Å²) in [6.45, 7) is 2.27. The molecule has 0 aliphatic rings. The second-order valence-electron chi connectivity index (χ2n) is 6.85. The Morgan fingerprint density at radius 1 is 0.696 bits per heavy atom. The first-order valence-corrected chi connectivity index (χ1v) is 9.99. The average molecular weight is 328 g/mol. The highest BCUT2D eigenvalue weighted by molar-refractivity contribution is 4.97. The number of rotatable bonds is 17. The standard InChI is InChI=1S/C20H41NO2/c1-2-3-4-5-6-7-8-9-10-11-12-13-14-15-16-17-19(21)18-20(22)23/h18,20,22-23H,2-17,21H2,1H3. The SMILES string of the molecule is CCCCCCCCCCCCCCCCCC(N)=CC(O)O. The Labute approximate surface area is 144 Å². The highest BCUT2D eigenvalue weighted by Crippen LogP contribution is 2.14. The Kier molecular flexibility index (Phi) is 17.4. The van der Waals surface area contributed by atoms with E-state index in [1.54, 1.807) is 0 Å². The van der Waals surface area contributed by atoms with E-state index in [0.29, 0.717) is 5.70 Å². The molecule has 0 amide bonds. The van der Waals surface area contributed by atoms with Crippen LogP contribution >= 0.6 is 0 Å². The molecule has 0 rings (SSSR count). The molecule has 0 atom stereocenters. The molecule has 0 aromatic rings. The summed E-state index contributed by atoms with van der Waals surface area (Å²) in [5.41, 5.74) is 6.26. The van der Waals surface area contributed by atoms with E-state index in [1.165, 1.54) is 96.0 Å². The van der Waals surface area contributed by atoms with Crippen LogP contribution in [0.25, 0.3) is 0 Å². The molecule has 0 fully saturated rings. The first kappa shape index (κ1) is 22.5. The van der Waals surface area contributed by atoms with Crippen LogP contribution in [0.2, 0.25) is 0 Å². The van der Waals surface area contributed by atoms with Gasteiger partial charge in [0.15, 0.2) is 6.29 Å². The third kappa shape index (κ3) is 19.4. The predicted octanol–water partition coefficient (Wildman–Crippen LogP) is 5.40. The largest absolute Gasteiger partial charge is 0.402 e. The molecule has 0 bridgehead atoms. The summed E-state index contributed by atoms with van der Waals surface area (Å²) in [6.07, 6.45) is 21.0.